The van der Waals surface area contributed by atoms with Crippen LogP contribution in [0, 0.1) is 6.92 Å². The van der Waals surface area contributed by atoms with Crippen molar-refractivity contribution in [1.82, 2.24) is 14.3 Å². The van der Waals surface area contributed by atoms with Crippen molar-refractivity contribution in [2.45, 2.75) is 20.0 Å². The van der Waals surface area contributed by atoms with Gasteiger partial charge in [0.1, 0.15) is 0 Å². The molecule has 0 aliphatic heterocycles. The number of thiazole rings is 1. The van der Waals surface area contributed by atoms with Crippen molar-refractivity contribution < 1.29 is 0 Å². The standard InChI is InChI=1S/C16H16BrN3OS/c1-11-10-22-16-18-13(7-15(21)20(11)16)9-19(2)8-12-5-3-4-6-14(12)17/h3-7,10H,8-9H2,1-2H3. The average Bonchev–Trinajstić information content (AvgIpc) is 2.83. The number of hydrogen-bond acceptors (Lipinski definition) is 4. The van der Waals surface area contributed by atoms with Crippen LogP contribution in [0.4, 0.5) is 0 Å². The number of aryl methyl sites for hydroxylation is 1. The minimum Gasteiger partial charge on any atom is -0.296 e. The van der Waals surface area contributed by atoms with E-state index in [1.807, 2.05) is 37.6 Å². The third-order valence-electron chi connectivity index (χ3n) is 3.46. The molecule has 2 heterocycles. The highest BCUT2D eigenvalue weighted by atomic mass is 79.9. The molecule has 6 heteroatoms. The maximum atomic E-state index is 12.2. The van der Waals surface area contributed by atoms with Crippen LogP contribution in [-0.2, 0) is 13.1 Å². The summed E-state index contributed by atoms with van der Waals surface area (Å²) in [5, 5.41) is 1.96. The van der Waals surface area contributed by atoms with Crippen LogP contribution >= 0.6 is 27.3 Å². The fourth-order valence-corrected chi connectivity index (χ4v) is 3.73. The second-order valence-corrected chi connectivity index (χ2v) is 7.04. The maximum absolute atomic E-state index is 12.2. The predicted molar refractivity (Wildman–Crippen MR) is 93.4 cm³/mol. The molecule has 4 nitrogen and oxygen atoms in total. The number of nitrogens with zero attached hydrogens (tertiary/aromatic N) is 3. The summed E-state index contributed by atoms with van der Waals surface area (Å²) in [4.78, 5) is 19.7. The lowest BCUT2D eigenvalue weighted by molar-refractivity contribution is 0.314. The molecule has 0 spiro atoms. The van der Waals surface area contributed by atoms with Gasteiger partial charge in [-0.2, -0.15) is 0 Å². The molecule has 0 unspecified atom stereocenters. The number of halogens is 1. The van der Waals surface area contributed by atoms with E-state index in [9.17, 15) is 4.79 Å². The zero-order chi connectivity index (χ0) is 15.7. The number of aromatic nitrogens is 2. The van der Waals surface area contributed by atoms with Crippen LogP contribution in [0.1, 0.15) is 17.0 Å². The Morgan fingerprint density at radius 2 is 2.09 bits per heavy atom. The topological polar surface area (TPSA) is 37.6 Å². The van der Waals surface area contributed by atoms with Crippen molar-refractivity contribution in [3.05, 3.63) is 67.5 Å². The summed E-state index contributed by atoms with van der Waals surface area (Å²) in [7, 11) is 2.03. The molecular formula is C16H16BrN3OS. The van der Waals surface area contributed by atoms with Crippen molar-refractivity contribution in [1.29, 1.82) is 0 Å². The van der Waals surface area contributed by atoms with E-state index in [1.165, 1.54) is 16.9 Å². The highest BCUT2D eigenvalue weighted by Crippen LogP contribution is 2.18. The molecule has 0 radical (unpaired) electrons. The van der Waals surface area contributed by atoms with Crippen molar-refractivity contribution in [3.8, 4) is 0 Å². The van der Waals surface area contributed by atoms with Gasteiger partial charge in [-0.25, -0.2) is 4.98 Å². The monoisotopic (exact) mass is 377 g/mol. The van der Waals surface area contributed by atoms with Crippen molar-refractivity contribution >= 4 is 32.2 Å². The van der Waals surface area contributed by atoms with E-state index in [-0.39, 0.29) is 5.56 Å². The third-order valence-corrected chi connectivity index (χ3v) is 5.18. The molecule has 0 bridgehead atoms. The van der Waals surface area contributed by atoms with Gasteiger partial charge in [0, 0.05) is 34.7 Å². The summed E-state index contributed by atoms with van der Waals surface area (Å²) in [6.45, 7) is 3.36. The zero-order valence-electron chi connectivity index (χ0n) is 12.4. The third kappa shape index (κ3) is 3.14. The van der Waals surface area contributed by atoms with Crippen LogP contribution in [0.25, 0.3) is 4.96 Å². The Hall–Kier alpha value is -1.50. The van der Waals surface area contributed by atoms with Crippen molar-refractivity contribution in [2.24, 2.45) is 0 Å². The Morgan fingerprint density at radius 3 is 2.86 bits per heavy atom. The first-order chi connectivity index (χ1) is 10.5. The SMILES string of the molecule is Cc1csc2nc(CN(C)Cc3ccccc3Br)cc(=O)n12. The molecule has 0 N–H and O–H groups in total. The van der Waals surface area contributed by atoms with Crippen molar-refractivity contribution in [2.75, 3.05) is 7.05 Å². The van der Waals surface area contributed by atoms with Crippen LogP contribution in [0.5, 0.6) is 0 Å². The fraction of sp³-hybridized carbons (Fsp3) is 0.250. The molecular weight excluding hydrogens is 362 g/mol. The Labute approximate surface area is 141 Å². The average molecular weight is 378 g/mol. The van der Waals surface area contributed by atoms with Gasteiger partial charge in [0.25, 0.3) is 5.56 Å². The summed E-state index contributed by atoms with van der Waals surface area (Å²) in [6.07, 6.45) is 0. The van der Waals surface area contributed by atoms with E-state index in [0.29, 0.717) is 6.54 Å². The van der Waals surface area contributed by atoms with Gasteiger partial charge in [0.15, 0.2) is 4.96 Å². The smallest absolute Gasteiger partial charge is 0.259 e. The Bertz CT molecular complexity index is 871. The second kappa shape index (κ2) is 6.32. The lowest BCUT2D eigenvalue weighted by atomic mass is 10.2. The molecule has 3 rings (SSSR count). The van der Waals surface area contributed by atoms with E-state index in [2.05, 4.69) is 31.9 Å². The second-order valence-electron chi connectivity index (χ2n) is 5.34. The summed E-state index contributed by atoms with van der Waals surface area (Å²) in [5.41, 5.74) is 2.95. The van der Waals surface area contributed by atoms with Gasteiger partial charge < -0.3 is 0 Å². The summed E-state index contributed by atoms with van der Waals surface area (Å²) in [5.74, 6) is 0. The molecule has 114 valence electrons. The van der Waals surface area contributed by atoms with E-state index in [0.717, 1.165) is 27.4 Å². The van der Waals surface area contributed by atoms with Crippen LogP contribution < -0.4 is 5.56 Å². The minimum atomic E-state index is -0.00644. The molecule has 1 aromatic carbocycles. The van der Waals surface area contributed by atoms with Crippen molar-refractivity contribution in [3.63, 3.8) is 0 Å². The molecule has 0 saturated carbocycles. The number of fused-ring (bicyclic) bond motifs is 1. The molecule has 22 heavy (non-hydrogen) atoms. The van der Waals surface area contributed by atoms with Gasteiger partial charge in [-0.05, 0) is 25.6 Å². The summed E-state index contributed by atoms with van der Waals surface area (Å²) < 4.78 is 2.75. The van der Waals surface area contributed by atoms with Gasteiger partial charge in [-0.15, -0.1) is 11.3 Å². The molecule has 0 fully saturated rings. The number of hydrogen-bond donors (Lipinski definition) is 0. The zero-order valence-corrected chi connectivity index (χ0v) is 14.8. The first-order valence-electron chi connectivity index (χ1n) is 6.93. The van der Waals surface area contributed by atoms with E-state index in [1.54, 1.807) is 10.5 Å². The lowest BCUT2D eigenvalue weighted by Gasteiger charge is -2.17. The van der Waals surface area contributed by atoms with Crippen LogP contribution in [-0.4, -0.2) is 21.3 Å². The largest absolute Gasteiger partial charge is 0.296 e. The van der Waals surface area contributed by atoms with E-state index < -0.39 is 0 Å². The minimum absolute atomic E-state index is 0.00644. The highest BCUT2D eigenvalue weighted by molar-refractivity contribution is 9.10. The molecule has 3 aromatic rings. The molecule has 0 aliphatic carbocycles. The van der Waals surface area contributed by atoms with Crippen LogP contribution in [0.15, 0.2) is 45.0 Å². The van der Waals surface area contributed by atoms with Gasteiger partial charge in [-0.3, -0.25) is 14.1 Å². The first-order valence-corrected chi connectivity index (χ1v) is 8.60. The lowest BCUT2D eigenvalue weighted by Crippen LogP contribution is -2.21. The van der Waals surface area contributed by atoms with E-state index in [4.69, 9.17) is 0 Å². The summed E-state index contributed by atoms with van der Waals surface area (Å²) in [6, 6.07) is 9.79. The van der Waals surface area contributed by atoms with Gasteiger partial charge in [0.2, 0.25) is 0 Å². The predicted octanol–water partition coefficient (Wildman–Crippen LogP) is 3.46. The van der Waals surface area contributed by atoms with Crippen LogP contribution in [0.3, 0.4) is 0 Å². The fourth-order valence-electron chi connectivity index (χ4n) is 2.43. The Kier molecular flexibility index (Phi) is 4.42. The molecule has 2 aromatic heterocycles. The van der Waals surface area contributed by atoms with Gasteiger partial charge >= 0.3 is 0 Å². The maximum Gasteiger partial charge on any atom is 0.259 e. The van der Waals surface area contributed by atoms with Crippen LogP contribution in [0.2, 0.25) is 0 Å². The molecule has 0 amide bonds. The van der Waals surface area contributed by atoms with Gasteiger partial charge in [-0.1, -0.05) is 34.1 Å². The first kappa shape index (κ1) is 15.4. The molecule has 0 atom stereocenters. The summed E-state index contributed by atoms with van der Waals surface area (Å²) >= 11 is 5.06. The Morgan fingerprint density at radius 1 is 1.32 bits per heavy atom. The van der Waals surface area contributed by atoms with E-state index >= 15 is 0 Å². The quantitative estimate of drug-likeness (QED) is 0.698. The highest BCUT2D eigenvalue weighted by Gasteiger charge is 2.09. The van der Waals surface area contributed by atoms with Gasteiger partial charge in [0.05, 0.1) is 5.69 Å². The Balaban J connectivity index is 1.81. The molecule has 0 aliphatic rings. The number of benzene rings is 1. The number of rotatable bonds is 4. The molecule has 0 saturated heterocycles. The normalized spacial score (nSPS) is 11.5.